The van der Waals surface area contributed by atoms with Gasteiger partial charge in [0.15, 0.2) is 0 Å². The summed E-state index contributed by atoms with van der Waals surface area (Å²) in [5, 5.41) is 19.2. The van der Waals surface area contributed by atoms with Crippen molar-refractivity contribution >= 4 is 94.3 Å². The molecule has 0 spiro atoms. The number of carbonyl (C=O) groups is 10. The van der Waals surface area contributed by atoms with Crippen LogP contribution in [0.15, 0.2) is 107 Å². The van der Waals surface area contributed by atoms with Crippen molar-refractivity contribution in [3.8, 4) is 22.3 Å². The van der Waals surface area contributed by atoms with Crippen molar-refractivity contribution in [3.05, 3.63) is 119 Å². The Morgan fingerprint density at radius 2 is 0.617 bits per heavy atom. The normalized spacial score (nSPS) is 13.1. The third-order valence-electron chi connectivity index (χ3n) is 20.3. The molecule has 2 aromatic heterocycles. The van der Waals surface area contributed by atoms with E-state index >= 15 is 0 Å². The Balaban J connectivity index is 0.000000381. The summed E-state index contributed by atoms with van der Waals surface area (Å²) in [7, 11) is 0. The Morgan fingerprint density at radius 3 is 0.886 bits per heavy atom. The number of amides is 9. The van der Waals surface area contributed by atoms with Crippen LogP contribution in [-0.4, -0.2) is 433 Å². The second kappa shape index (κ2) is 81.5. The Labute approximate surface area is 868 Å². The molecule has 149 heavy (non-hydrogen) atoms. The van der Waals surface area contributed by atoms with Crippen LogP contribution in [0.25, 0.3) is 34.4 Å². The number of hydrogen-bond donors (Lipinski definition) is 7. The molecule has 4 aromatic rings. The van der Waals surface area contributed by atoms with Gasteiger partial charge in [-0.2, -0.15) is 0 Å². The SMILES string of the molecule is CCCN(OCC)C(=O)C1=Cc2ccc(-c3cnc(CN)nc3)cc2N=C(N)C1.CCCN(OCC)C(=O)C1=Cc2ccc(-c3cnc(CNC(=O)CCOCCOCCOCCOCCOCCOCCOCCOCCOCCOCCNC(=O)CN4C(=O)C=CC4=O)nc3)cc2N=C(N)C1.O=C(O)CCOCCOCCOCCOCCOCCOCCOCCOCCOCCOCCNC(=O)CN1C(=O)C=CC1=O. The van der Waals surface area contributed by atoms with E-state index in [0.29, 0.717) is 317 Å². The van der Waals surface area contributed by atoms with E-state index in [9.17, 15) is 47.9 Å². The van der Waals surface area contributed by atoms with Crippen molar-refractivity contribution in [2.75, 3.05) is 317 Å². The molecule has 828 valence electrons. The van der Waals surface area contributed by atoms with E-state index in [1.165, 1.54) is 10.1 Å². The maximum absolute atomic E-state index is 13.2. The number of aliphatic imine (C=N–C) groups is 2. The topological polar surface area (TPSA) is 597 Å². The summed E-state index contributed by atoms with van der Waals surface area (Å²) < 4.78 is 109. The van der Waals surface area contributed by atoms with Gasteiger partial charge in [0, 0.05) is 128 Å². The Kier molecular flexibility index (Phi) is 69.1. The first-order valence-corrected chi connectivity index (χ1v) is 49.9. The monoisotopic (exact) mass is 2100 g/mol. The van der Waals surface area contributed by atoms with Crippen LogP contribution in [0.1, 0.15) is 89.0 Å². The quantitative estimate of drug-likeness (QED) is 0.0190. The molecule has 0 saturated heterocycles. The van der Waals surface area contributed by atoms with E-state index in [4.69, 9.17) is 127 Å². The van der Waals surface area contributed by atoms with Crippen LogP contribution in [0.4, 0.5) is 11.4 Å². The van der Waals surface area contributed by atoms with E-state index < -0.39 is 41.4 Å². The number of carboxylic acids is 1. The number of carboxylic acid groups (broad SMARTS) is 1. The lowest BCUT2D eigenvalue weighted by Gasteiger charge is -2.21. The summed E-state index contributed by atoms with van der Waals surface area (Å²) >= 11 is 0. The standard InChI is InChI=1S/C50H74N8O16.C29H50N2O15.C21H26N6O2/c1-3-11-58(74-4-2)50(63)41-32-40-6-5-39(33-43(40)56-44(51)34-41)42-35-53-45(54-36-42)37-55-46(59)9-12-64-14-16-66-18-20-68-22-24-70-26-28-72-30-31-73-29-27-71-25-23-69-21-19-67-17-15-65-13-10-52-47(60)38-57-48(61)7-8-49(57)62;32-26(25-31-27(33)1-2-28(31)34)30-4-6-38-8-10-40-12-14-42-16-18-44-20-22-46-24-23-45-21-19-43-17-15-41-13-11-39-9-7-37-5-3-29(35)36;1-3-7-27(29-4-2)21(28)16-8-15-6-5-14(9-18(15)26-19(23)10-16)17-12-24-20(11-22)25-13-17/h5-8,32-33,35-36H,3-4,9-31,34,37-38H2,1-2H3,(H2,51,56)(H,52,60)(H,55,59);1-2H,3-25H2,(H,30,32)(H,35,36);5-6,8-9,12-13H,3-4,7,10-11,22H2,1-2H3,(H2,23,26). The first-order valence-electron chi connectivity index (χ1n) is 49.9. The molecule has 0 atom stereocenters. The van der Waals surface area contributed by atoms with Crippen LogP contribution in [0, 0.1) is 0 Å². The molecule has 9 amide bonds. The number of hydroxylamine groups is 4. The van der Waals surface area contributed by atoms with E-state index in [-0.39, 0.29) is 103 Å². The number of fused-ring (bicyclic) bond motifs is 2. The second-order valence-electron chi connectivity index (χ2n) is 31.9. The zero-order chi connectivity index (χ0) is 107. The van der Waals surface area contributed by atoms with Gasteiger partial charge in [-0.15, -0.1) is 0 Å². The third-order valence-corrected chi connectivity index (χ3v) is 20.3. The summed E-state index contributed by atoms with van der Waals surface area (Å²) in [4.78, 5) is 157. The van der Waals surface area contributed by atoms with Crippen molar-refractivity contribution in [2.24, 2.45) is 27.2 Å². The number of nitrogens with two attached hydrogens (primary N) is 3. The summed E-state index contributed by atoms with van der Waals surface area (Å²) in [6.07, 6.45) is 17.2. The lowest BCUT2D eigenvalue weighted by atomic mass is 10.0. The van der Waals surface area contributed by atoms with Gasteiger partial charge in [0.05, 0.1) is 308 Å². The number of carbonyl (C=O) groups excluding carboxylic acids is 9. The zero-order valence-corrected chi connectivity index (χ0v) is 86.1. The van der Waals surface area contributed by atoms with Gasteiger partial charge in [-0.3, -0.25) is 67.4 Å². The molecule has 10 N–H and O–H groups in total. The molecule has 4 aliphatic rings. The maximum atomic E-state index is 13.2. The number of aliphatic carboxylic acids is 1. The van der Waals surface area contributed by atoms with Crippen molar-refractivity contribution in [1.29, 1.82) is 0 Å². The summed E-state index contributed by atoms with van der Waals surface area (Å²) in [5.74, 6) is -2.58. The van der Waals surface area contributed by atoms with Crippen LogP contribution in [0.2, 0.25) is 0 Å². The number of imide groups is 2. The summed E-state index contributed by atoms with van der Waals surface area (Å²) in [5.41, 5.74) is 25.2. The first kappa shape index (κ1) is 126. The molecule has 0 radical (unpaired) electrons. The number of hydrogen-bond acceptors (Lipinski definition) is 41. The molecule has 0 fully saturated rings. The van der Waals surface area contributed by atoms with Crippen molar-refractivity contribution < 1.29 is 157 Å². The van der Waals surface area contributed by atoms with Gasteiger partial charge in [-0.25, -0.2) is 40.0 Å². The van der Waals surface area contributed by atoms with Gasteiger partial charge in [0.2, 0.25) is 17.7 Å². The summed E-state index contributed by atoms with van der Waals surface area (Å²) in [6, 6.07) is 11.5. The molecule has 0 bridgehead atoms. The molecule has 0 aliphatic carbocycles. The average molecular weight is 2100 g/mol. The highest BCUT2D eigenvalue weighted by atomic mass is 16.7. The minimum Gasteiger partial charge on any atom is -0.481 e. The fourth-order valence-electron chi connectivity index (χ4n) is 13.0. The van der Waals surface area contributed by atoms with Crippen LogP contribution in [0.5, 0.6) is 0 Å². The number of nitrogens with zero attached hydrogens (tertiary/aromatic N) is 10. The molecular weight excluding hydrogens is 1950 g/mol. The second-order valence-corrected chi connectivity index (χ2v) is 31.9. The zero-order valence-electron chi connectivity index (χ0n) is 86.1. The van der Waals surface area contributed by atoms with E-state index in [1.807, 2.05) is 76.2 Å². The molecule has 49 nitrogen and oxygen atoms in total. The minimum absolute atomic E-state index is 0.0117. The average Bonchev–Trinajstić information content (AvgIpc) is 1.76. The number of nitrogens with one attached hydrogen (secondary N) is 3. The lowest BCUT2D eigenvalue weighted by Crippen LogP contribution is -2.41. The minimum atomic E-state index is -0.883. The molecule has 0 saturated carbocycles. The van der Waals surface area contributed by atoms with Crippen LogP contribution >= 0.6 is 0 Å². The highest BCUT2D eigenvalue weighted by molar-refractivity contribution is 6.15. The van der Waals surface area contributed by atoms with E-state index in [0.717, 1.165) is 80.3 Å². The van der Waals surface area contributed by atoms with Gasteiger partial charge in [-0.1, -0.05) is 38.1 Å². The highest BCUT2D eigenvalue weighted by Gasteiger charge is 2.29. The predicted octanol–water partition coefficient (Wildman–Crippen LogP) is 2.56. The number of aromatic nitrogens is 4. The predicted molar refractivity (Wildman–Crippen MR) is 541 cm³/mol. The lowest BCUT2D eigenvalue weighted by molar-refractivity contribution is -0.180. The van der Waals surface area contributed by atoms with Crippen LogP contribution in [0.3, 0.4) is 0 Å². The molecule has 4 aliphatic heterocycles. The fraction of sp³-hybridized carbons (Fsp3) is 0.600. The number of amidine groups is 2. The fourth-order valence-corrected chi connectivity index (χ4v) is 13.0. The van der Waals surface area contributed by atoms with Gasteiger partial charge in [-0.05, 0) is 62.1 Å². The van der Waals surface area contributed by atoms with Gasteiger partial charge < -0.3 is 133 Å². The van der Waals surface area contributed by atoms with Crippen LogP contribution in [-0.2, 0) is 165 Å². The number of ether oxygens (including phenoxy) is 20. The number of rotatable bonds is 85. The molecule has 0 unspecified atom stereocenters. The molecule has 8 rings (SSSR count). The smallest absolute Gasteiger partial charge is 0.305 e. The van der Waals surface area contributed by atoms with Crippen molar-refractivity contribution in [3.63, 3.8) is 0 Å². The Morgan fingerprint density at radius 1 is 0.349 bits per heavy atom. The summed E-state index contributed by atoms with van der Waals surface area (Å²) in [6.45, 7) is 26.1. The van der Waals surface area contributed by atoms with Gasteiger partial charge >= 0.3 is 5.97 Å². The third kappa shape index (κ3) is 57.5. The first-order chi connectivity index (χ1) is 72.7. The van der Waals surface area contributed by atoms with Crippen LogP contribution < -0.4 is 33.2 Å². The molecule has 2 aromatic carbocycles. The van der Waals surface area contributed by atoms with E-state index in [1.54, 1.807) is 24.8 Å². The van der Waals surface area contributed by atoms with Crippen molar-refractivity contribution in [1.82, 2.24) is 55.8 Å². The molecule has 49 heteroatoms. The highest BCUT2D eigenvalue weighted by Crippen LogP contribution is 2.34. The van der Waals surface area contributed by atoms with Crippen molar-refractivity contribution in [2.45, 2.75) is 79.3 Å². The Bertz CT molecular complexity index is 4660. The molecular formula is C100H150N16O33. The number of benzene rings is 2. The van der Waals surface area contributed by atoms with E-state index in [2.05, 4.69) is 45.9 Å². The Hall–Kier alpha value is -11.3. The van der Waals surface area contributed by atoms with Gasteiger partial charge in [0.25, 0.3) is 35.4 Å². The maximum Gasteiger partial charge on any atom is 0.305 e. The van der Waals surface area contributed by atoms with Gasteiger partial charge in [0.1, 0.15) is 36.4 Å². The molecule has 6 heterocycles. The largest absolute Gasteiger partial charge is 0.481 e.